The Hall–Kier alpha value is -2.43. The summed E-state index contributed by atoms with van der Waals surface area (Å²) in [6, 6.07) is 6.81. The van der Waals surface area contributed by atoms with Crippen molar-refractivity contribution in [1.29, 1.82) is 0 Å². The summed E-state index contributed by atoms with van der Waals surface area (Å²) in [5, 5.41) is 9.17. The fourth-order valence-electron chi connectivity index (χ4n) is 1.97. The van der Waals surface area contributed by atoms with Gasteiger partial charge in [0.2, 0.25) is 0 Å². The van der Waals surface area contributed by atoms with Crippen molar-refractivity contribution >= 4 is 5.97 Å². The van der Waals surface area contributed by atoms with E-state index in [1.165, 1.54) is 12.1 Å². The van der Waals surface area contributed by atoms with Crippen LogP contribution in [0.2, 0.25) is 0 Å². The Morgan fingerprint density at radius 2 is 1.60 bits per heavy atom. The first-order chi connectivity index (χ1) is 9.67. The lowest BCUT2D eigenvalue weighted by molar-refractivity contribution is 0.0696. The quantitative estimate of drug-likeness (QED) is 0.880. The number of ether oxygens (including phenoxy) is 2. The summed E-state index contributed by atoms with van der Waals surface area (Å²) in [5.41, 5.74) is 0.858. The molecule has 1 aromatic carbocycles. The molecule has 0 unspecified atom stereocenters. The second kappa shape index (κ2) is 6.14. The first-order valence-electron chi connectivity index (χ1n) is 6.47. The van der Waals surface area contributed by atoms with Crippen molar-refractivity contribution in [1.82, 2.24) is 4.57 Å². The van der Waals surface area contributed by atoms with Gasteiger partial charge in [-0.05, 0) is 38.1 Å². The van der Waals surface area contributed by atoms with Crippen molar-refractivity contribution in [2.24, 2.45) is 0 Å². The lowest BCUT2D eigenvalue weighted by Gasteiger charge is -2.17. The summed E-state index contributed by atoms with van der Waals surface area (Å²) in [7, 11) is 0. The molecule has 0 radical (unpaired) electrons. The van der Waals surface area contributed by atoms with Gasteiger partial charge in [-0.3, -0.25) is 0 Å². The van der Waals surface area contributed by atoms with E-state index in [0.29, 0.717) is 30.4 Å². The van der Waals surface area contributed by atoms with Crippen molar-refractivity contribution in [3.8, 4) is 17.2 Å². The topological polar surface area (TPSA) is 60.7 Å². The number of carbonyl (C=O) groups is 1. The molecule has 0 aliphatic rings. The molecule has 5 heteroatoms. The van der Waals surface area contributed by atoms with E-state index in [-0.39, 0.29) is 5.56 Å². The van der Waals surface area contributed by atoms with E-state index in [9.17, 15) is 9.90 Å². The van der Waals surface area contributed by atoms with Crippen LogP contribution in [0.1, 0.15) is 24.2 Å². The maximum Gasteiger partial charge on any atom is 0.335 e. The van der Waals surface area contributed by atoms with Crippen LogP contribution in [0.25, 0.3) is 5.69 Å². The molecule has 0 atom stereocenters. The number of rotatable bonds is 6. The second-order valence-electron chi connectivity index (χ2n) is 4.08. The lowest BCUT2D eigenvalue weighted by Crippen LogP contribution is -2.07. The summed E-state index contributed by atoms with van der Waals surface area (Å²) in [6.07, 6.45) is 3.72. The van der Waals surface area contributed by atoms with Gasteiger partial charge < -0.3 is 19.1 Å². The van der Waals surface area contributed by atoms with Crippen LogP contribution < -0.4 is 9.47 Å². The third-order valence-electron chi connectivity index (χ3n) is 2.75. The maximum absolute atomic E-state index is 11.2. The molecule has 0 bridgehead atoms. The van der Waals surface area contributed by atoms with Crippen LogP contribution >= 0.6 is 0 Å². The Balaban J connectivity index is 2.64. The number of aromatic nitrogens is 1. The molecule has 0 spiro atoms. The van der Waals surface area contributed by atoms with E-state index in [1.54, 1.807) is 0 Å². The summed E-state index contributed by atoms with van der Waals surface area (Å²) >= 11 is 0. The lowest BCUT2D eigenvalue weighted by atomic mass is 10.1. The van der Waals surface area contributed by atoms with Gasteiger partial charge in [0, 0.05) is 12.4 Å². The highest BCUT2D eigenvalue weighted by atomic mass is 16.5. The van der Waals surface area contributed by atoms with E-state index in [0.717, 1.165) is 0 Å². The van der Waals surface area contributed by atoms with Crippen LogP contribution in [0.3, 0.4) is 0 Å². The zero-order valence-corrected chi connectivity index (χ0v) is 11.5. The predicted molar refractivity (Wildman–Crippen MR) is 75.1 cm³/mol. The van der Waals surface area contributed by atoms with Crippen LogP contribution in [-0.2, 0) is 0 Å². The molecule has 2 rings (SSSR count). The fourth-order valence-corrected chi connectivity index (χ4v) is 1.97. The number of nitrogens with zero attached hydrogens (tertiary/aromatic N) is 1. The molecule has 0 saturated heterocycles. The van der Waals surface area contributed by atoms with Crippen LogP contribution in [-0.4, -0.2) is 28.9 Å². The minimum absolute atomic E-state index is 0.146. The van der Waals surface area contributed by atoms with Crippen molar-refractivity contribution < 1.29 is 19.4 Å². The third kappa shape index (κ3) is 2.77. The summed E-state index contributed by atoms with van der Waals surface area (Å²) in [5.74, 6) is -0.0231. The highest BCUT2D eigenvalue weighted by molar-refractivity contribution is 5.89. The van der Waals surface area contributed by atoms with Gasteiger partial charge in [-0.2, -0.15) is 0 Å². The molecule has 1 aromatic heterocycles. The molecule has 0 fully saturated rings. The van der Waals surface area contributed by atoms with E-state index in [1.807, 2.05) is 42.9 Å². The van der Waals surface area contributed by atoms with Crippen LogP contribution in [0.15, 0.2) is 36.7 Å². The highest BCUT2D eigenvalue weighted by Crippen LogP contribution is 2.34. The van der Waals surface area contributed by atoms with Gasteiger partial charge in [0.1, 0.15) is 17.2 Å². The Labute approximate surface area is 117 Å². The van der Waals surface area contributed by atoms with Crippen LogP contribution in [0, 0.1) is 0 Å². The molecule has 0 amide bonds. The maximum atomic E-state index is 11.2. The zero-order chi connectivity index (χ0) is 14.5. The molecule has 1 N–H and O–H groups in total. The molecule has 1 heterocycles. The molecule has 5 nitrogen and oxygen atoms in total. The van der Waals surface area contributed by atoms with E-state index in [2.05, 4.69) is 0 Å². The number of carboxylic acid groups (broad SMARTS) is 1. The number of carboxylic acids is 1. The van der Waals surface area contributed by atoms with E-state index < -0.39 is 5.97 Å². The number of benzene rings is 1. The van der Waals surface area contributed by atoms with Gasteiger partial charge in [0.15, 0.2) is 0 Å². The van der Waals surface area contributed by atoms with Gasteiger partial charge in [0.05, 0.1) is 18.8 Å². The van der Waals surface area contributed by atoms with Crippen LogP contribution in [0.4, 0.5) is 0 Å². The minimum atomic E-state index is -1.01. The molecule has 2 aromatic rings. The molecule has 0 aliphatic heterocycles. The normalized spacial score (nSPS) is 10.3. The average Bonchev–Trinajstić information content (AvgIpc) is 2.92. The molecule has 0 saturated carbocycles. The van der Waals surface area contributed by atoms with Gasteiger partial charge in [-0.15, -0.1) is 0 Å². The predicted octanol–water partition coefficient (Wildman–Crippen LogP) is 2.97. The Morgan fingerprint density at radius 1 is 1.10 bits per heavy atom. The summed E-state index contributed by atoms with van der Waals surface area (Å²) in [4.78, 5) is 11.2. The fraction of sp³-hybridized carbons (Fsp3) is 0.267. The minimum Gasteiger partial charge on any atom is -0.492 e. The monoisotopic (exact) mass is 275 g/mol. The second-order valence-corrected chi connectivity index (χ2v) is 4.08. The summed E-state index contributed by atoms with van der Waals surface area (Å²) < 4.78 is 13.0. The highest BCUT2D eigenvalue weighted by Gasteiger charge is 2.17. The zero-order valence-electron chi connectivity index (χ0n) is 11.5. The first kappa shape index (κ1) is 14.0. The standard InChI is InChI=1S/C15H17NO4/c1-3-19-12-9-11(15(17)18)10-13(20-4-2)14(12)16-7-5-6-8-16/h5-10H,3-4H2,1-2H3,(H,17,18). The number of aromatic carboxylic acids is 1. The third-order valence-corrected chi connectivity index (χ3v) is 2.75. The van der Waals surface area contributed by atoms with E-state index >= 15 is 0 Å². The van der Waals surface area contributed by atoms with Gasteiger partial charge in [0.25, 0.3) is 0 Å². The smallest absolute Gasteiger partial charge is 0.335 e. The largest absolute Gasteiger partial charge is 0.492 e. The average molecular weight is 275 g/mol. The first-order valence-corrected chi connectivity index (χ1v) is 6.47. The van der Waals surface area contributed by atoms with Gasteiger partial charge in [-0.1, -0.05) is 0 Å². The Morgan fingerprint density at radius 3 is 2.00 bits per heavy atom. The molecule has 0 aliphatic carbocycles. The Kier molecular flexibility index (Phi) is 4.30. The van der Waals surface area contributed by atoms with Crippen molar-refractivity contribution in [2.45, 2.75) is 13.8 Å². The molecule has 106 valence electrons. The molecular weight excluding hydrogens is 258 g/mol. The van der Waals surface area contributed by atoms with Crippen molar-refractivity contribution in [2.75, 3.05) is 13.2 Å². The van der Waals surface area contributed by atoms with Gasteiger partial charge in [-0.25, -0.2) is 4.79 Å². The number of hydrogen-bond acceptors (Lipinski definition) is 3. The summed E-state index contributed by atoms with van der Waals surface area (Å²) in [6.45, 7) is 4.60. The SMILES string of the molecule is CCOc1cc(C(=O)O)cc(OCC)c1-n1cccc1. The Bertz CT molecular complexity index is 563. The van der Waals surface area contributed by atoms with Gasteiger partial charge >= 0.3 is 5.97 Å². The van der Waals surface area contributed by atoms with E-state index in [4.69, 9.17) is 9.47 Å². The van der Waals surface area contributed by atoms with Crippen LogP contribution in [0.5, 0.6) is 11.5 Å². The van der Waals surface area contributed by atoms with Crippen molar-refractivity contribution in [3.63, 3.8) is 0 Å². The number of hydrogen-bond donors (Lipinski definition) is 1. The van der Waals surface area contributed by atoms with Crippen molar-refractivity contribution in [3.05, 3.63) is 42.2 Å². The molecule has 20 heavy (non-hydrogen) atoms. The molecular formula is C15H17NO4.